The van der Waals surface area contributed by atoms with Crippen molar-refractivity contribution in [2.45, 2.75) is 155 Å². The molecule has 16 nitrogen and oxygen atoms in total. The van der Waals surface area contributed by atoms with Crippen molar-refractivity contribution >= 4 is 36.1 Å². The molecular formula is C44H62N2O14. The number of rotatable bonds is 15. The Morgan fingerprint density at radius 3 is 1.88 bits per heavy atom. The Hall–Kier alpha value is -5.02. The molecule has 0 radical (unpaired) electrons. The highest BCUT2D eigenvalue weighted by Crippen LogP contribution is 2.68. The number of carbonyl (C=O) groups excluding carboxylic acids is 6. The zero-order chi connectivity index (χ0) is 44.4. The SMILES string of the molecule is COc1ccc2c3c1O[C@H]1C(OC(=O)C[C@H](NC(=O)OC(C)(C)C)C(=O)OCC(C)C)=CC[C@@]4(OC(=O)C[C@H](NC(=O)OC(C)(C)C)C(=O)OCC(C)C)[C@H](CCC[C@]314)C2. The lowest BCUT2D eigenvalue weighted by molar-refractivity contribution is -0.201. The third-order valence-corrected chi connectivity index (χ3v) is 10.8. The number of hydrogen-bond donors (Lipinski definition) is 2. The van der Waals surface area contributed by atoms with Crippen LogP contribution in [0.2, 0.25) is 0 Å². The molecule has 6 atom stereocenters. The van der Waals surface area contributed by atoms with E-state index in [2.05, 4.69) is 10.6 Å². The van der Waals surface area contributed by atoms with Gasteiger partial charge in [-0.3, -0.25) is 9.59 Å². The van der Waals surface area contributed by atoms with Crippen LogP contribution < -0.4 is 20.1 Å². The molecule has 1 aliphatic heterocycles. The maximum atomic E-state index is 14.3. The first-order valence-corrected chi connectivity index (χ1v) is 20.8. The number of ether oxygens (including phenoxy) is 8. The first kappa shape index (κ1) is 46.1. The molecule has 0 saturated heterocycles. The molecule has 60 heavy (non-hydrogen) atoms. The number of benzene rings is 1. The summed E-state index contributed by atoms with van der Waals surface area (Å²) in [4.78, 5) is 80.4. The Bertz CT molecular complexity index is 1860. The molecule has 2 amide bonds. The summed E-state index contributed by atoms with van der Waals surface area (Å²) < 4.78 is 46.8. The highest BCUT2D eigenvalue weighted by molar-refractivity contribution is 5.88. The zero-order valence-corrected chi connectivity index (χ0v) is 36.8. The van der Waals surface area contributed by atoms with E-state index < -0.39 is 89.3 Å². The summed E-state index contributed by atoms with van der Waals surface area (Å²) in [6.07, 6.45) is 0.316. The molecule has 1 spiro atoms. The summed E-state index contributed by atoms with van der Waals surface area (Å²) in [5, 5.41) is 4.96. The Kier molecular flexibility index (Phi) is 13.7. The number of amides is 2. The molecule has 1 fully saturated rings. The van der Waals surface area contributed by atoms with Gasteiger partial charge in [0.2, 0.25) is 0 Å². The van der Waals surface area contributed by atoms with Crippen LogP contribution in [0.3, 0.4) is 0 Å². The normalized spacial score (nSPS) is 23.4. The lowest BCUT2D eigenvalue weighted by Crippen LogP contribution is -2.69. The summed E-state index contributed by atoms with van der Waals surface area (Å²) in [6, 6.07) is 0.954. The number of nitrogens with one attached hydrogen (secondary N) is 2. The predicted octanol–water partition coefficient (Wildman–Crippen LogP) is 6.13. The van der Waals surface area contributed by atoms with E-state index in [0.29, 0.717) is 30.8 Å². The average Bonchev–Trinajstić information content (AvgIpc) is 3.47. The van der Waals surface area contributed by atoms with Crippen LogP contribution in [0.15, 0.2) is 24.0 Å². The van der Waals surface area contributed by atoms with Crippen molar-refractivity contribution in [3.8, 4) is 11.5 Å². The van der Waals surface area contributed by atoms with Gasteiger partial charge in [-0.15, -0.1) is 0 Å². The molecule has 1 aromatic carbocycles. The standard InChI is InChI=1S/C44H62N2O14/c1-24(2)22-54-37(49)28(45-39(51)59-41(5,6)7)20-32(47)56-31-16-18-44(58-33(48)21-29(38(50)55-23-25(3)4)46-40(52)60-42(8,9)10)27-13-12-17-43(44)34-26(19-27)14-15-30(53-11)35(34)57-36(31)43/h14-16,24-25,27-29,36H,12-13,17-23H2,1-11H3,(H,45,51)(H,46,52)/t27-,28+,29+,36+,43+,44-/m1/s1. The van der Waals surface area contributed by atoms with Crippen LogP contribution in [0.4, 0.5) is 9.59 Å². The summed E-state index contributed by atoms with van der Waals surface area (Å²) in [5.74, 6) is -2.44. The van der Waals surface area contributed by atoms with Gasteiger partial charge in [0, 0.05) is 17.9 Å². The lowest BCUT2D eigenvalue weighted by Gasteiger charge is -2.60. The first-order valence-electron chi connectivity index (χ1n) is 20.8. The Morgan fingerprint density at radius 2 is 1.37 bits per heavy atom. The third kappa shape index (κ3) is 10.1. The number of carbonyl (C=O) groups is 6. The van der Waals surface area contributed by atoms with Gasteiger partial charge >= 0.3 is 36.1 Å². The molecule has 1 aromatic rings. The molecule has 0 unspecified atom stereocenters. The van der Waals surface area contributed by atoms with Crippen LogP contribution in [0.5, 0.6) is 11.5 Å². The quantitative estimate of drug-likeness (QED) is 0.151. The first-order chi connectivity index (χ1) is 28.0. The van der Waals surface area contributed by atoms with Gasteiger partial charge in [0.1, 0.15) is 34.6 Å². The molecule has 4 aliphatic rings. The molecule has 0 aromatic heterocycles. The fraction of sp³-hybridized carbons (Fsp3) is 0.682. The van der Waals surface area contributed by atoms with Gasteiger partial charge in [-0.1, -0.05) is 40.2 Å². The van der Waals surface area contributed by atoms with Gasteiger partial charge < -0.3 is 48.5 Å². The minimum atomic E-state index is -1.43. The summed E-state index contributed by atoms with van der Waals surface area (Å²) in [6.45, 7) is 17.6. The molecule has 2 N–H and O–H groups in total. The minimum absolute atomic E-state index is 0.00335. The van der Waals surface area contributed by atoms with Gasteiger partial charge in [0.05, 0.1) is 38.6 Å². The number of methoxy groups -OCH3 is 1. The lowest BCUT2D eigenvalue weighted by atomic mass is 9.46. The Morgan fingerprint density at radius 1 is 0.817 bits per heavy atom. The van der Waals surface area contributed by atoms with Crippen LogP contribution in [0.1, 0.15) is 119 Å². The fourth-order valence-electron chi connectivity index (χ4n) is 8.61. The van der Waals surface area contributed by atoms with Gasteiger partial charge in [0.25, 0.3) is 0 Å². The zero-order valence-electron chi connectivity index (χ0n) is 36.8. The second kappa shape index (κ2) is 17.9. The van der Waals surface area contributed by atoms with Gasteiger partial charge in [-0.05, 0) is 90.3 Å². The van der Waals surface area contributed by atoms with E-state index in [1.165, 1.54) is 7.11 Å². The van der Waals surface area contributed by atoms with Crippen LogP contribution >= 0.6 is 0 Å². The van der Waals surface area contributed by atoms with Gasteiger partial charge in [-0.2, -0.15) is 0 Å². The molecule has 3 aliphatic carbocycles. The molecular weight excluding hydrogens is 780 g/mol. The van der Waals surface area contributed by atoms with Gasteiger partial charge in [0.15, 0.2) is 17.6 Å². The van der Waals surface area contributed by atoms with Crippen LogP contribution in [0, 0.1) is 17.8 Å². The van der Waals surface area contributed by atoms with Crippen molar-refractivity contribution < 1.29 is 66.7 Å². The number of esters is 4. The van der Waals surface area contributed by atoms with E-state index in [0.717, 1.165) is 17.5 Å². The van der Waals surface area contributed by atoms with E-state index in [9.17, 15) is 28.8 Å². The predicted molar refractivity (Wildman–Crippen MR) is 215 cm³/mol. The van der Waals surface area contributed by atoms with E-state index in [4.69, 9.17) is 37.9 Å². The maximum absolute atomic E-state index is 14.3. The molecule has 2 bridgehead atoms. The average molecular weight is 843 g/mol. The largest absolute Gasteiger partial charge is 0.493 e. The van der Waals surface area contributed by atoms with Crippen molar-refractivity contribution in [1.82, 2.24) is 10.6 Å². The van der Waals surface area contributed by atoms with Crippen LogP contribution in [0.25, 0.3) is 0 Å². The highest BCUT2D eigenvalue weighted by Gasteiger charge is 2.73. The fourth-order valence-corrected chi connectivity index (χ4v) is 8.61. The number of hydrogen-bond acceptors (Lipinski definition) is 14. The maximum Gasteiger partial charge on any atom is 0.408 e. The van der Waals surface area contributed by atoms with Crippen LogP contribution in [-0.2, 0) is 59.4 Å². The molecule has 16 heteroatoms. The van der Waals surface area contributed by atoms with Crippen molar-refractivity contribution in [1.29, 1.82) is 0 Å². The topological polar surface area (TPSA) is 200 Å². The van der Waals surface area contributed by atoms with Crippen LogP contribution in [-0.4, -0.2) is 91.4 Å². The van der Waals surface area contributed by atoms with Crippen molar-refractivity contribution in [2.75, 3.05) is 20.3 Å². The summed E-state index contributed by atoms with van der Waals surface area (Å²) >= 11 is 0. The molecule has 332 valence electrons. The third-order valence-electron chi connectivity index (χ3n) is 10.8. The monoisotopic (exact) mass is 842 g/mol. The smallest absolute Gasteiger partial charge is 0.408 e. The van der Waals surface area contributed by atoms with E-state index in [1.54, 1.807) is 47.6 Å². The highest BCUT2D eigenvalue weighted by atomic mass is 16.6. The molecule has 1 saturated carbocycles. The minimum Gasteiger partial charge on any atom is -0.493 e. The molecule has 5 rings (SSSR count). The Labute approximate surface area is 352 Å². The second-order valence-corrected chi connectivity index (χ2v) is 18.9. The second-order valence-electron chi connectivity index (χ2n) is 18.9. The van der Waals surface area contributed by atoms with E-state index in [1.807, 2.05) is 39.8 Å². The Balaban J connectivity index is 1.48. The van der Waals surface area contributed by atoms with Crippen molar-refractivity contribution in [3.05, 3.63) is 35.1 Å². The number of alkyl carbamates (subject to hydrolysis) is 2. The van der Waals surface area contributed by atoms with Crippen molar-refractivity contribution in [3.63, 3.8) is 0 Å². The van der Waals surface area contributed by atoms with Gasteiger partial charge in [-0.25, -0.2) is 19.2 Å². The summed E-state index contributed by atoms with van der Waals surface area (Å²) in [7, 11) is 1.52. The van der Waals surface area contributed by atoms with E-state index >= 15 is 0 Å². The van der Waals surface area contributed by atoms with Crippen molar-refractivity contribution in [2.24, 2.45) is 17.8 Å². The summed E-state index contributed by atoms with van der Waals surface area (Å²) in [5.41, 5.74) is -2.27. The van der Waals surface area contributed by atoms with E-state index in [-0.39, 0.29) is 43.1 Å². The molecule has 1 heterocycles.